The van der Waals surface area contributed by atoms with Crippen LogP contribution in [-0.2, 0) is 0 Å². The first kappa shape index (κ1) is 12.3. The Labute approximate surface area is 94.9 Å². The molecule has 0 amide bonds. The first-order valence-electron chi connectivity index (χ1n) is 5.11. The van der Waals surface area contributed by atoms with Crippen molar-refractivity contribution < 1.29 is 9.94 Å². The average Bonchev–Trinajstić information content (AvgIpc) is 2.28. The Morgan fingerprint density at radius 2 is 2.31 bits per heavy atom. The van der Waals surface area contributed by atoms with Crippen LogP contribution >= 0.6 is 0 Å². The van der Waals surface area contributed by atoms with Gasteiger partial charge in [-0.1, -0.05) is 12.1 Å². The molecule has 5 heteroatoms. The summed E-state index contributed by atoms with van der Waals surface area (Å²) >= 11 is 0. The van der Waals surface area contributed by atoms with Crippen molar-refractivity contribution in [2.45, 2.75) is 32.8 Å². The fourth-order valence-corrected chi connectivity index (χ4v) is 1.06. The molecule has 0 unspecified atom stereocenters. The Morgan fingerprint density at radius 3 is 2.88 bits per heavy atom. The molecule has 0 saturated carbocycles. The normalized spacial score (nSPS) is 12.6. The van der Waals surface area contributed by atoms with Gasteiger partial charge in [-0.2, -0.15) is 0 Å². The second kappa shape index (κ2) is 4.83. The molecule has 0 aliphatic heterocycles. The highest BCUT2D eigenvalue weighted by atomic mass is 16.5. The summed E-state index contributed by atoms with van der Waals surface area (Å²) in [6.07, 6.45) is 2.45. The maximum absolute atomic E-state index is 8.54. The highest BCUT2D eigenvalue weighted by Gasteiger charge is 2.17. The molecule has 0 spiro atoms. The molecule has 0 saturated heterocycles. The Hall–Kier alpha value is -1.78. The van der Waals surface area contributed by atoms with E-state index < -0.39 is 0 Å². The van der Waals surface area contributed by atoms with Gasteiger partial charge in [0.2, 0.25) is 0 Å². The topological polar surface area (TPSA) is 80.7 Å². The molecule has 16 heavy (non-hydrogen) atoms. The number of aromatic nitrogens is 1. The molecule has 1 rings (SSSR count). The number of ether oxygens (including phenoxy) is 1. The number of nitrogens with zero attached hydrogens (tertiary/aromatic N) is 2. The first-order chi connectivity index (χ1) is 7.48. The summed E-state index contributed by atoms with van der Waals surface area (Å²) in [5.74, 6) is 0.628. The molecule has 3 N–H and O–H groups in total. The van der Waals surface area contributed by atoms with Gasteiger partial charge in [-0.15, -0.1) is 0 Å². The van der Waals surface area contributed by atoms with Crippen LogP contribution in [0.25, 0.3) is 0 Å². The summed E-state index contributed by atoms with van der Waals surface area (Å²) in [6.45, 7) is 6.04. The van der Waals surface area contributed by atoms with Crippen molar-refractivity contribution >= 4 is 5.84 Å². The number of rotatable bonds is 4. The SMILES string of the molecule is CCC(C)(C)Oc1ccnc(C(N)=NO)c1. The van der Waals surface area contributed by atoms with Gasteiger partial charge in [-0.05, 0) is 26.3 Å². The number of amidine groups is 1. The van der Waals surface area contributed by atoms with Crippen molar-refractivity contribution in [3.8, 4) is 5.75 Å². The highest BCUT2D eigenvalue weighted by molar-refractivity contribution is 5.95. The van der Waals surface area contributed by atoms with Crippen molar-refractivity contribution in [2.75, 3.05) is 0 Å². The minimum absolute atomic E-state index is 0.0280. The summed E-state index contributed by atoms with van der Waals surface area (Å²) in [6, 6.07) is 3.39. The lowest BCUT2D eigenvalue weighted by molar-refractivity contribution is 0.105. The molecule has 0 radical (unpaired) electrons. The number of pyridine rings is 1. The molecule has 0 aliphatic rings. The third-order valence-electron chi connectivity index (χ3n) is 2.35. The Balaban J connectivity index is 2.91. The molecular formula is C11H17N3O2. The van der Waals surface area contributed by atoms with Crippen molar-refractivity contribution in [1.82, 2.24) is 4.98 Å². The third kappa shape index (κ3) is 3.12. The Morgan fingerprint density at radius 1 is 1.62 bits per heavy atom. The Bertz CT molecular complexity index is 389. The van der Waals surface area contributed by atoms with Crippen molar-refractivity contribution in [2.24, 2.45) is 10.9 Å². The molecule has 0 aliphatic carbocycles. The first-order valence-corrected chi connectivity index (χ1v) is 5.11. The standard InChI is InChI=1S/C11H17N3O2/c1-4-11(2,3)16-8-5-6-13-9(7-8)10(12)14-15/h5-7,15H,4H2,1-3H3,(H2,12,14). The van der Waals surface area contributed by atoms with E-state index in [9.17, 15) is 0 Å². The fourth-order valence-electron chi connectivity index (χ4n) is 1.06. The molecule has 5 nitrogen and oxygen atoms in total. The second-order valence-corrected chi connectivity index (χ2v) is 4.08. The van der Waals surface area contributed by atoms with Crippen LogP contribution in [0.5, 0.6) is 5.75 Å². The van der Waals surface area contributed by atoms with Gasteiger partial charge < -0.3 is 15.7 Å². The zero-order valence-corrected chi connectivity index (χ0v) is 9.77. The minimum Gasteiger partial charge on any atom is -0.488 e. The van der Waals surface area contributed by atoms with Gasteiger partial charge in [-0.3, -0.25) is 4.98 Å². The largest absolute Gasteiger partial charge is 0.488 e. The van der Waals surface area contributed by atoms with Gasteiger partial charge in [-0.25, -0.2) is 0 Å². The molecule has 0 aromatic carbocycles. The van der Waals surface area contributed by atoms with Gasteiger partial charge >= 0.3 is 0 Å². The second-order valence-electron chi connectivity index (χ2n) is 4.08. The van der Waals surface area contributed by atoms with E-state index in [1.54, 1.807) is 18.3 Å². The Kier molecular flexibility index (Phi) is 3.71. The van der Waals surface area contributed by atoms with E-state index >= 15 is 0 Å². The molecule has 0 fully saturated rings. The maximum atomic E-state index is 8.54. The monoisotopic (exact) mass is 223 g/mol. The summed E-state index contributed by atoms with van der Waals surface area (Å²) in [5.41, 5.74) is 5.59. The summed E-state index contributed by atoms with van der Waals surface area (Å²) in [4.78, 5) is 3.97. The van der Waals surface area contributed by atoms with Crippen LogP contribution < -0.4 is 10.5 Å². The molecule has 88 valence electrons. The molecule has 0 bridgehead atoms. The van der Waals surface area contributed by atoms with E-state index in [2.05, 4.69) is 10.1 Å². The van der Waals surface area contributed by atoms with Crippen LogP contribution in [0.4, 0.5) is 0 Å². The van der Waals surface area contributed by atoms with Crippen molar-refractivity contribution in [1.29, 1.82) is 0 Å². The van der Waals surface area contributed by atoms with Gasteiger partial charge in [0.1, 0.15) is 17.0 Å². The minimum atomic E-state index is -0.246. The lowest BCUT2D eigenvalue weighted by Gasteiger charge is -2.24. The van der Waals surface area contributed by atoms with E-state index in [0.717, 1.165) is 6.42 Å². The van der Waals surface area contributed by atoms with Crippen LogP contribution in [0, 0.1) is 0 Å². The van der Waals surface area contributed by atoms with Crippen LogP contribution in [0.2, 0.25) is 0 Å². The van der Waals surface area contributed by atoms with Crippen LogP contribution in [0.1, 0.15) is 32.9 Å². The molecular weight excluding hydrogens is 206 g/mol. The lowest BCUT2D eigenvalue weighted by atomic mass is 10.1. The van der Waals surface area contributed by atoms with E-state index in [0.29, 0.717) is 11.4 Å². The van der Waals surface area contributed by atoms with Gasteiger partial charge in [0, 0.05) is 12.3 Å². The molecule has 1 aromatic rings. The van der Waals surface area contributed by atoms with E-state index in [4.69, 9.17) is 15.7 Å². The number of hydrogen-bond acceptors (Lipinski definition) is 4. The highest BCUT2D eigenvalue weighted by Crippen LogP contribution is 2.20. The summed E-state index contributed by atoms with van der Waals surface area (Å²) in [5, 5.41) is 11.4. The predicted octanol–water partition coefficient (Wildman–Crippen LogP) is 1.74. The quantitative estimate of drug-likeness (QED) is 0.352. The van der Waals surface area contributed by atoms with Gasteiger partial charge in [0.05, 0.1) is 0 Å². The maximum Gasteiger partial charge on any atom is 0.188 e. The fraction of sp³-hybridized carbons (Fsp3) is 0.455. The van der Waals surface area contributed by atoms with E-state index in [-0.39, 0.29) is 11.4 Å². The number of hydrogen-bond donors (Lipinski definition) is 2. The summed E-state index contributed by atoms with van der Waals surface area (Å²) in [7, 11) is 0. The average molecular weight is 223 g/mol. The zero-order valence-electron chi connectivity index (χ0n) is 9.77. The van der Waals surface area contributed by atoms with Crippen LogP contribution in [0.15, 0.2) is 23.5 Å². The third-order valence-corrected chi connectivity index (χ3v) is 2.35. The van der Waals surface area contributed by atoms with Crippen LogP contribution in [0.3, 0.4) is 0 Å². The van der Waals surface area contributed by atoms with Crippen LogP contribution in [-0.4, -0.2) is 21.6 Å². The molecule has 1 heterocycles. The molecule has 0 atom stereocenters. The van der Waals surface area contributed by atoms with E-state index in [1.165, 1.54) is 0 Å². The summed E-state index contributed by atoms with van der Waals surface area (Å²) < 4.78 is 5.75. The zero-order chi connectivity index (χ0) is 12.2. The van der Waals surface area contributed by atoms with Crippen molar-refractivity contribution in [3.05, 3.63) is 24.0 Å². The number of oxime groups is 1. The van der Waals surface area contributed by atoms with E-state index in [1.807, 2.05) is 20.8 Å². The lowest BCUT2D eigenvalue weighted by Crippen LogP contribution is -2.27. The molecule has 1 aromatic heterocycles. The van der Waals surface area contributed by atoms with Gasteiger partial charge in [0.15, 0.2) is 5.84 Å². The number of nitrogens with two attached hydrogens (primary N) is 1. The van der Waals surface area contributed by atoms with Gasteiger partial charge in [0.25, 0.3) is 0 Å². The predicted molar refractivity (Wildman–Crippen MR) is 61.7 cm³/mol. The smallest absolute Gasteiger partial charge is 0.188 e. The van der Waals surface area contributed by atoms with Crippen molar-refractivity contribution in [3.63, 3.8) is 0 Å².